The summed E-state index contributed by atoms with van der Waals surface area (Å²) in [6.07, 6.45) is -0.686. The first-order valence-electron chi connectivity index (χ1n) is 3.94. The molecular formula is C9H9Cl3O2. The highest BCUT2D eigenvalue weighted by atomic mass is 35.5. The van der Waals surface area contributed by atoms with Crippen molar-refractivity contribution in [1.82, 2.24) is 0 Å². The Morgan fingerprint density at radius 3 is 2.29 bits per heavy atom. The van der Waals surface area contributed by atoms with E-state index in [0.717, 1.165) is 0 Å². The van der Waals surface area contributed by atoms with Gasteiger partial charge >= 0.3 is 0 Å². The van der Waals surface area contributed by atoms with E-state index in [2.05, 4.69) is 0 Å². The van der Waals surface area contributed by atoms with Crippen LogP contribution in [0.25, 0.3) is 0 Å². The summed E-state index contributed by atoms with van der Waals surface area (Å²) in [4.78, 5) is 0. The van der Waals surface area contributed by atoms with Crippen LogP contribution in [0.4, 0.5) is 0 Å². The van der Waals surface area contributed by atoms with Crippen molar-refractivity contribution in [2.24, 2.45) is 0 Å². The molecule has 0 heterocycles. The van der Waals surface area contributed by atoms with E-state index in [4.69, 9.17) is 44.6 Å². The number of hydrogen-bond acceptors (Lipinski definition) is 2. The summed E-state index contributed by atoms with van der Waals surface area (Å²) < 4.78 is 5.22. The quantitative estimate of drug-likeness (QED) is 0.838. The standard InChI is InChI=1S/C9H9Cl3O2/c10-4-8(13)5-14-9-2-6(11)1-7(12)3-9/h1-3,8,13H,4-5H2. The summed E-state index contributed by atoms with van der Waals surface area (Å²) in [6, 6.07) is 4.84. The molecule has 5 heteroatoms. The number of halogens is 3. The van der Waals surface area contributed by atoms with Gasteiger partial charge in [0.25, 0.3) is 0 Å². The molecule has 0 fully saturated rings. The number of rotatable bonds is 4. The largest absolute Gasteiger partial charge is 0.491 e. The molecule has 1 unspecified atom stereocenters. The number of aliphatic hydroxyl groups is 1. The molecule has 0 aliphatic heterocycles. The molecule has 1 N–H and O–H groups in total. The summed E-state index contributed by atoms with van der Waals surface area (Å²) in [6.45, 7) is 0.125. The van der Waals surface area contributed by atoms with E-state index in [-0.39, 0.29) is 12.5 Å². The Morgan fingerprint density at radius 1 is 1.21 bits per heavy atom. The Kier molecular flexibility index (Phi) is 4.82. The lowest BCUT2D eigenvalue weighted by Crippen LogP contribution is -2.18. The molecule has 14 heavy (non-hydrogen) atoms. The molecule has 0 spiro atoms. The SMILES string of the molecule is OC(CCl)COc1cc(Cl)cc(Cl)c1. The first-order chi connectivity index (χ1) is 6.61. The molecule has 1 atom stereocenters. The van der Waals surface area contributed by atoms with Gasteiger partial charge in [-0.25, -0.2) is 0 Å². The Labute approximate surface area is 97.3 Å². The van der Waals surface area contributed by atoms with Crippen molar-refractivity contribution in [3.05, 3.63) is 28.2 Å². The molecule has 78 valence electrons. The second kappa shape index (κ2) is 5.66. The van der Waals surface area contributed by atoms with Crippen LogP contribution >= 0.6 is 34.8 Å². The van der Waals surface area contributed by atoms with Gasteiger partial charge in [0, 0.05) is 10.0 Å². The third-order valence-corrected chi connectivity index (χ3v) is 2.25. The molecule has 1 aromatic carbocycles. The fraction of sp³-hybridized carbons (Fsp3) is 0.333. The van der Waals surface area contributed by atoms with E-state index in [1.165, 1.54) is 0 Å². The molecule has 0 aromatic heterocycles. The van der Waals surface area contributed by atoms with E-state index >= 15 is 0 Å². The van der Waals surface area contributed by atoms with Gasteiger partial charge in [0.05, 0.1) is 5.88 Å². The molecule has 0 saturated heterocycles. The minimum absolute atomic E-state index is 0.125. The molecular weight excluding hydrogens is 246 g/mol. The Bertz CT molecular complexity index is 284. The van der Waals surface area contributed by atoms with Crippen molar-refractivity contribution in [1.29, 1.82) is 0 Å². The lowest BCUT2D eigenvalue weighted by Gasteiger charge is -2.09. The molecule has 0 amide bonds. The highest BCUT2D eigenvalue weighted by molar-refractivity contribution is 6.34. The van der Waals surface area contributed by atoms with Gasteiger partial charge in [-0.2, -0.15) is 0 Å². The number of aliphatic hydroxyl groups excluding tert-OH is 1. The van der Waals surface area contributed by atoms with Crippen LogP contribution in [0.2, 0.25) is 10.0 Å². The molecule has 2 nitrogen and oxygen atoms in total. The number of ether oxygens (including phenoxy) is 1. The summed E-state index contributed by atoms with van der Waals surface area (Å²) in [5, 5.41) is 10.1. The van der Waals surface area contributed by atoms with Crippen LogP contribution in [0.5, 0.6) is 5.75 Å². The van der Waals surface area contributed by atoms with Crippen LogP contribution < -0.4 is 4.74 Å². The lowest BCUT2D eigenvalue weighted by molar-refractivity contribution is 0.125. The van der Waals surface area contributed by atoms with Crippen LogP contribution in [0.1, 0.15) is 0 Å². The van der Waals surface area contributed by atoms with Gasteiger partial charge in [-0.05, 0) is 18.2 Å². The predicted molar refractivity (Wildman–Crippen MR) is 58.7 cm³/mol. The second-order valence-electron chi connectivity index (χ2n) is 2.72. The number of alkyl halides is 1. The fourth-order valence-electron chi connectivity index (χ4n) is 0.849. The Balaban J connectivity index is 2.58. The average molecular weight is 256 g/mol. The monoisotopic (exact) mass is 254 g/mol. The predicted octanol–water partition coefficient (Wildman–Crippen LogP) is 2.97. The summed E-state index contributed by atoms with van der Waals surface area (Å²) in [5.41, 5.74) is 0. The van der Waals surface area contributed by atoms with Gasteiger partial charge in [-0.3, -0.25) is 0 Å². The van der Waals surface area contributed by atoms with Gasteiger partial charge in [-0.15, -0.1) is 11.6 Å². The number of hydrogen-bond donors (Lipinski definition) is 1. The van der Waals surface area contributed by atoms with Crippen molar-refractivity contribution in [3.63, 3.8) is 0 Å². The average Bonchev–Trinajstić information content (AvgIpc) is 2.12. The molecule has 0 radical (unpaired) electrons. The normalized spacial score (nSPS) is 12.6. The van der Waals surface area contributed by atoms with Crippen LogP contribution in [0.15, 0.2) is 18.2 Å². The Morgan fingerprint density at radius 2 is 1.79 bits per heavy atom. The second-order valence-corrected chi connectivity index (χ2v) is 3.91. The maximum atomic E-state index is 9.13. The van der Waals surface area contributed by atoms with Gasteiger partial charge in [0.2, 0.25) is 0 Å². The minimum Gasteiger partial charge on any atom is -0.491 e. The zero-order valence-corrected chi connectivity index (χ0v) is 9.48. The lowest BCUT2D eigenvalue weighted by atomic mass is 10.3. The van der Waals surface area contributed by atoms with E-state index in [0.29, 0.717) is 15.8 Å². The highest BCUT2D eigenvalue weighted by Crippen LogP contribution is 2.24. The van der Waals surface area contributed by atoms with Gasteiger partial charge in [0.15, 0.2) is 0 Å². The van der Waals surface area contributed by atoms with E-state index in [1.54, 1.807) is 18.2 Å². The van der Waals surface area contributed by atoms with E-state index < -0.39 is 6.10 Å². The van der Waals surface area contributed by atoms with Gasteiger partial charge in [0.1, 0.15) is 18.5 Å². The van der Waals surface area contributed by atoms with Crippen LogP contribution in [-0.4, -0.2) is 23.7 Å². The van der Waals surface area contributed by atoms with Crippen LogP contribution in [0, 0.1) is 0 Å². The molecule has 0 bridgehead atoms. The third-order valence-electron chi connectivity index (χ3n) is 1.46. The van der Waals surface area contributed by atoms with Gasteiger partial charge in [-0.1, -0.05) is 23.2 Å². The van der Waals surface area contributed by atoms with Crippen molar-refractivity contribution >= 4 is 34.8 Å². The van der Waals surface area contributed by atoms with Crippen LogP contribution in [-0.2, 0) is 0 Å². The van der Waals surface area contributed by atoms with Crippen molar-refractivity contribution in [3.8, 4) is 5.75 Å². The molecule has 0 aliphatic carbocycles. The smallest absolute Gasteiger partial charge is 0.122 e. The number of benzene rings is 1. The fourth-order valence-corrected chi connectivity index (χ4v) is 1.44. The van der Waals surface area contributed by atoms with Crippen molar-refractivity contribution in [2.45, 2.75) is 6.10 Å². The van der Waals surface area contributed by atoms with E-state index in [9.17, 15) is 0 Å². The highest BCUT2D eigenvalue weighted by Gasteiger charge is 2.04. The van der Waals surface area contributed by atoms with E-state index in [1.807, 2.05) is 0 Å². The topological polar surface area (TPSA) is 29.5 Å². The van der Waals surface area contributed by atoms with Crippen LogP contribution in [0.3, 0.4) is 0 Å². The first kappa shape index (κ1) is 11.9. The van der Waals surface area contributed by atoms with Crippen molar-refractivity contribution in [2.75, 3.05) is 12.5 Å². The van der Waals surface area contributed by atoms with Gasteiger partial charge < -0.3 is 9.84 Å². The Hall–Kier alpha value is -0.150. The summed E-state index contributed by atoms with van der Waals surface area (Å²) >= 11 is 16.9. The summed E-state index contributed by atoms with van der Waals surface area (Å²) in [5.74, 6) is 0.653. The maximum Gasteiger partial charge on any atom is 0.122 e. The minimum atomic E-state index is -0.686. The molecule has 1 aromatic rings. The molecule has 1 rings (SSSR count). The summed E-state index contributed by atoms with van der Waals surface area (Å²) in [7, 11) is 0. The zero-order chi connectivity index (χ0) is 10.6. The third kappa shape index (κ3) is 3.93. The maximum absolute atomic E-state index is 9.13. The molecule has 0 aliphatic rings. The first-order valence-corrected chi connectivity index (χ1v) is 5.24. The molecule has 0 saturated carbocycles. The zero-order valence-electron chi connectivity index (χ0n) is 7.21. The van der Waals surface area contributed by atoms with Crippen molar-refractivity contribution < 1.29 is 9.84 Å².